The molecule has 0 saturated carbocycles. The molecule has 2 aromatic rings. The first-order valence-corrected chi connectivity index (χ1v) is 10.5. The van der Waals surface area contributed by atoms with Gasteiger partial charge in [0.15, 0.2) is 0 Å². The van der Waals surface area contributed by atoms with E-state index in [1.54, 1.807) is 6.07 Å². The molecule has 4 rings (SSSR count). The van der Waals surface area contributed by atoms with Crippen LogP contribution in [0.15, 0.2) is 41.5 Å². The van der Waals surface area contributed by atoms with Gasteiger partial charge in [0.2, 0.25) is 5.91 Å². The lowest BCUT2D eigenvalue weighted by atomic mass is 9.95. The van der Waals surface area contributed by atoms with Crippen LogP contribution in [0.3, 0.4) is 0 Å². The fraction of sp³-hybridized carbons (Fsp3) is 0.318. The topological polar surface area (TPSA) is 91.8 Å². The van der Waals surface area contributed by atoms with Gasteiger partial charge in [0.05, 0.1) is 35.4 Å². The van der Waals surface area contributed by atoms with Gasteiger partial charge in [-0.05, 0) is 35.4 Å². The van der Waals surface area contributed by atoms with Gasteiger partial charge in [0.1, 0.15) is 11.6 Å². The average Bonchev–Trinajstić information content (AvgIpc) is 3.08. The predicted molar refractivity (Wildman–Crippen MR) is 122 cm³/mol. The first-order valence-electron chi connectivity index (χ1n) is 10.1. The first-order chi connectivity index (χ1) is 15.4. The summed E-state index contributed by atoms with van der Waals surface area (Å²) < 4.78 is 34.2. The molecule has 0 aromatic heterocycles. The van der Waals surface area contributed by atoms with Gasteiger partial charge >= 0.3 is 0 Å². The van der Waals surface area contributed by atoms with Gasteiger partial charge in [0.25, 0.3) is 5.91 Å². The van der Waals surface area contributed by atoms with Crippen molar-refractivity contribution in [3.05, 3.63) is 69.7 Å². The SMILES string of the molecule is Cl.O=C1CC(c2ccc(F)c(C(=O)NC[C@@H]3CNCCO[C@H]3c3ccc(Cl)c(F)c3)c2)=NN1. The van der Waals surface area contributed by atoms with Crippen LogP contribution in [0.2, 0.25) is 5.02 Å². The van der Waals surface area contributed by atoms with Crippen molar-refractivity contribution in [1.82, 2.24) is 16.1 Å². The molecule has 3 N–H and O–H groups in total. The Hall–Kier alpha value is -2.59. The van der Waals surface area contributed by atoms with Crippen LogP contribution in [-0.4, -0.2) is 43.8 Å². The average molecular weight is 499 g/mol. The van der Waals surface area contributed by atoms with Crippen molar-refractivity contribution in [2.75, 3.05) is 26.2 Å². The van der Waals surface area contributed by atoms with E-state index in [9.17, 15) is 18.4 Å². The van der Waals surface area contributed by atoms with Crippen LogP contribution < -0.4 is 16.1 Å². The number of rotatable bonds is 5. The maximum absolute atomic E-state index is 14.4. The molecule has 33 heavy (non-hydrogen) atoms. The highest BCUT2D eigenvalue weighted by Gasteiger charge is 2.28. The fourth-order valence-corrected chi connectivity index (χ4v) is 3.87. The van der Waals surface area contributed by atoms with Crippen molar-refractivity contribution in [3.8, 4) is 0 Å². The Morgan fingerprint density at radius 1 is 1.21 bits per heavy atom. The van der Waals surface area contributed by atoms with E-state index < -0.39 is 23.6 Å². The maximum atomic E-state index is 14.4. The molecule has 0 unspecified atom stereocenters. The fourth-order valence-electron chi connectivity index (χ4n) is 3.75. The Balaban J connectivity index is 0.00000306. The minimum absolute atomic E-state index is 0. The van der Waals surface area contributed by atoms with Gasteiger partial charge < -0.3 is 15.4 Å². The Bertz CT molecular complexity index is 1080. The van der Waals surface area contributed by atoms with Crippen LogP contribution >= 0.6 is 24.0 Å². The van der Waals surface area contributed by atoms with Crippen molar-refractivity contribution >= 4 is 41.5 Å². The molecule has 0 spiro atoms. The zero-order chi connectivity index (χ0) is 22.7. The summed E-state index contributed by atoms with van der Waals surface area (Å²) in [6.07, 6.45) is -0.407. The third kappa shape index (κ3) is 5.86. The Labute approximate surface area is 200 Å². The molecule has 1 saturated heterocycles. The lowest BCUT2D eigenvalue weighted by Gasteiger charge is -2.25. The monoisotopic (exact) mass is 498 g/mol. The first kappa shape index (κ1) is 25.0. The summed E-state index contributed by atoms with van der Waals surface area (Å²) in [4.78, 5) is 24.1. The lowest BCUT2D eigenvalue weighted by Crippen LogP contribution is -2.36. The van der Waals surface area contributed by atoms with Gasteiger partial charge in [-0.3, -0.25) is 9.59 Å². The third-order valence-electron chi connectivity index (χ3n) is 5.40. The van der Waals surface area contributed by atoms with Crippen LogP contribution in [0.5, 0.6) is 0 Å². The molecule has 11 heteroatoms. The number of amides is 2. The summed E-state index contributed by atoms with van der Waals surface area (Å²) in [5, 5.41) is 9.89. The molecule has 2 aliphatic heterocycles. The molecular formula is C22H22Cl2F2N4O3. The summed E-state index contributed by atoms with van der Waals surface area (Å²) in [5.74, 6) is -2.33. The zero-order valence-electron chi connectivity index (χ0n) is 17.4. The van der Waals surface area contributed by atoms with Gasteiger partial charge in [-0.25, -0.2) is 14.2 Å². The van der Waals surface area contributed by atoms with E-state index in [2.05, 4.69) is 21.2 Å². The molecule has 0 bridgehead atoms. The highest BCUT2D eigenvalue weighted by Crippen LogP contribution is 2.29. The summed E-state index contributed by atoms with van der Waals surface area (Å²) in [6, 6.07) is 8.50. The van der Waals surface area contributed by atoms with Crippen molar-refractivity contribution in [3.63, 3.8) is 0 Å². The highest BCUT2D eigenvalue weighted by atomic mass is 35.5. The molecule has 2 aliphatic rings. The van der Waals surface area contributed by atoms with Gasteiger partial charge in [-0.15, -0.1) is 12.4 Å². The van der Waals surface area contributed by atoms with E-state index in [1.165, 1.54) is 30.3 Å². The van der Waals surface area contributed by atoms with Crippen molar-refractivity contribution < 1.29 is 23.1 Å². The van der Waals surface area contributed by atoms with Gasteiger partial charge in [0, 0.05) is 25.6 Å². The highest BCUT2D eigenvalue weighted by molar-refractivity contribution is 6.30. The number of hydrogen-bond acceptors (Lipinski definition) is 5. The van der Waals surface area contributed by atoms with Gasteiger partial charge in [-0.2, -0.15) is 5.10 Å². The van der Waals surface area contributed by atoms with Crippen molar-refractivity contribution in [2.45, 2.75) is 12.5 Å². The number of ether oxygens (including phenoxy) is 1. The molecule has 2 aromatic carbocycles. The smallest absolute Gasteiger partial charge is 0.254 e. The Kier molecular flexibility index (Phi) is 8.36. The number of hydrazone groups is 1. The van der Waals surface area contributed by atoms with Crippen molar-refractivity contribution in [1.29, 1.82) is 0 Å². The van der Waals surface area contributed by atoms with Crippen LogP contribution in [0.4, 0.5) is 8.78 Å². The lowest BCUT2D eigenvalue weighted by molar-refractivity contribution is -0.119. The van der Waals surface area contributed by atoms with E-state index in [0.29, 0.717) is 36.5 Å². The molecule has 0 aliphatic carbocycles. The molecule has 7 nitrogen and oxygen atoms in total. The molecular weight excluding hydrogens is 477 g/mol. The van der Waals surface area contributed by atoms with Crippen LogP contribution in [-0.2, 0) is 9.53 Å². The van der Waals surface area contributed by atoms with E-state index in [1.807, 2.05) is 0 Å². The zero-order valence-corrected chi connectivity index (χ0v) is 18.9. The van der Waals surface area contributed by atoms with E-state index in [4.69, 9.17) is 16.3 Å². The third-order valence-corrected chi connectivity index (χ3v) is 5.70. The van der Waals surface area contributed by atoms with Crippen LogP contribution in [0, 0.1) is 17.6 Å². The minimum atomic E-state index is -0.685. The number of carbonyl (C=O) groups is 2. The molecule has 2 atom stereocenters. The predicted octanol–water partition coefficient (Wildman–Crippen LogP) is 2.97. The number of halogens is 4. The minimum Gasteiger partial charge on any atom is -0.372 e. The van der Waals surface area contributed by atoms with Gasteiger partial charge in [-0.1, -0.05) is 23.7 Å². The summed E-state index contributed by atoms with van der Waals surface area (Å²) in [7, 11) is 0. The molecule has 2 amide bonds. The van der Waals surface area contributed by atoms with E-state index >= 15 is 0 Å². The summed E-state index contributed by atoms with van der Waals surface area (Å²) >= 11 is 5.79. The second-order valence-corrected chi connectivity index (χ2v) is 8.01. The Morgan fingerprint density at radius 2 is 2.03 bits per heavy atom. The van der Waals surface area contributed by atoms with Crippen LogP contribution in [0.25, 0.3) is 0 Å². The number of benzene rings is 2. The Morgan fingerprint density at radius 3 is 2.76 bits per heavy atom. The number of carbonyl (C=O) groups excluding carboxylic acids is 2. The summed E-state index contributed by atoms with van der Waals surface area (Å²) in [6.45, 7) is 1.72. The molecule has 176 valence electrons. The van der Waals surface area contributed by atoms with E-state index in [0.717, 1.165) is 0 Å². The van der Waals surface area contributed by atoms with Crippen LogP contribution in [0.1, 0.15) is 34.0 Å². The molecule has 1 fully saturated rings. The summed E-state index contributed by atoms with van der Waals surface area (Å²) in [5.41, 5.74) is 3.72. The number of nitrogens with one attached hydrogen (secondary N) is 3. The quantitative estimate of drug-likeness (QED) is 0.590. The standard InChI is InChI=1S/C22H21ClF2N4O3.ClH/c23-16-3-1-13(8-18(16)25)21-14(10-26-5-6-32-21)11-27-22(31)15-7-12(2-4-17(15)24)19-9-20(30)29-28-19;/h1-4,7-8,14,21,26H,5-6,9-11H2,(H,27,31)(H,29,30);1H/t14-,21-;/m0./s1. The van der Waals surface area contributed by atoms with E-state index in [-0.39, 0.29) is 47.8 Å². The number of nitrogens with zero attached hydrogens (tertiary/aromatic N) is 1. The second kappa shape index (κ2) is 11.0. The largest absolute Gasteiger partial charge is 0.372 e. The number of hydrogen-bond donors (Lipinski definition) is 3. The molecule has 2 heterocycles. The maximum Gasteiger partial charge on any atom is 0.254 e. The van der Waals surface area contributed by atoms with Crippen molar-refractivity contribution in [2.24, 2.45) is 11.0 Å². The normalized spacial score (nSPS) is 20.3. The second-order valence-electron chi connectivity index (χ2n) is 7.60. The molecule has 0 radical (unpaired) electrons.